The second kappa shape index (κ2) is 5.17. The van der Waals surface area contributed by atoms with Crippen molar-refractivity contribution in [2.45, 2.75) is 6.18 Å². The molecule has 0 aliphatic rings. The summed E-state index contributed by atoms with van der Waals surface area (Å²) in [5.41, 5.74) is 1.06. The first-order valence-electron chi connectivity index (χ1n) is 7.02. The number of aromatic nitrogens is 2. The van der Waals surface area contributed by atoms with Crippen LogP contribution in [0.2, 0.25) is 0 Å². The monoisotopic (exact) mass is 346 g/mol. The van der Waals surface area contributed by atoms with E-state index >= 15 is 0 Å². The SMILES string of the molecule is O=c1c(=Cc2ccc(C(F)(F)F)cc2)sc2nc3ccccc3n12. The van der Waals surface area contributed by atoms with E-state index in [-0.39, 0.29) is 5.56 Å². The molecule has 0 spiro atoms. The highest BCUT2D eigenvalue weighted by atomic mass is 32.1. The molecule has 0 bridgehead atoms. The van der Waals surface area contributed by atoms with E-state index in [2.05, 4.69) is 4.98 Å². The second-order valence-corrected chi connectivity index (χ2v) is 6.26. The number of hydrogen-bond donors (Lipinski definition) is 0. The lowest BCUT2D eigenvalue weighted by atomic mass is 10.1. The van der Waals surface area contributed by atoms with Gasteiger partial charge >= 0.3 is 6.18 Å². The van der Waals surface area contributed by atoms with Gasteiger partial charge in [0.25, 0.3) is 5.56 Å². The number of hydrogen-bond acceptors (Lipinski definition) is 3. The van der Waals surface area contributed by atoms with Crippen molar-refractivity contribution in [3.63, 3.8) is 0 Å². The molecule has 3 nitrogen and oxygen atoms in total. The second-order valence-electron chi connectivity index (χ2n) is 5.25. The van der Waals surface area contributed by atoms with E-state index in [1.807, 2.05) is 24.3 Å². The van der Waals surface area contributed by atoms with Gasteiger partial charge in [-0.15, -0.1) is 0 Å². The molecular formula is C17H9F3N2OS. The first-order valence-corrected chi connectivity index (χ1v) is 7.84. The highest BCUT2D eigenvalue weighted by Gasteiger charge is 2.29. The Balaban J connectivity index is 1.86. The summed E-state index contributed by atoms with van der Waals surface area (Å²) in [6.07, 6.45) is -2.79. The van der Waals surface area contributed by atoms with Gasteiger partial charge in [0.1, 0.15) is 0 Å². The summed E-state index contributed by atoms with van der Waals surface area (Å²) < 4.78 is 39.7. The fourth-order valence-corrected chi connectivity index (χ4v) is 3.52. The van der Waals surface area contributed by atoms with E-state index in [0.717, 1.165) is 23.2 Å². The van der Waals surface area contributed by atoms with Crippen molar-refractivity contribution in [1.82, 2.24) is 9.38 Å². The Morgan fingerprint density at radius 3 is 2.46 bits per heavy atom. The molecule has 0 radical (unpaired) electrons. The van der Waals surface area contributed by atoms with Gasteiger partial charge in [0.15, 0.2) is 4.96 Å². The summed E-state index contributed by atoms with van der Waals surface area (Å²) in [5.74, 6) is 0. The van der Waals surface area contributed by atoms with Crippen LogP contribution >= 0.6 is 11.3 Å². The molecule has 0 atom stereocenters. The van der Waals surface area contributed by atoms with Crippen LogP contribution in [0, 0.1) is 0 Å². The van der Waals surface area contributed by atoms with E-state index in [9.17, 15) is 18.0 Å². The molecule has 0 aliphatic carbocycles. The molecular weight excluding hydrogens is 337 g/mol. The summed E-state index contributed by atoms with van der Waals surface area (Å²) in [5, 5.41) is 0. The molecule has 2 aromatic heterocycles. The zero-order valence-corrected chi connectivity index (χ0v) is 12.9. The molecule has 4 aromatic rings. The van der Waals surface area contributed by atoms with Crippen LogP contribution in [-0.4, -0.2) is 9.38 Å². The molecule has 120 valence electrons. The maximum atomic E-state index is 12.6. The quantitative estimate of drug-likeness (QED) is 0.529. The minimum absolute atomic E-state index is 0.219. The third kappa shape index (κ3) is 2.37. The number of halogens is 3. The number of imidazole rings is 1. The average Bonchev–Trinajstić information content (AvgIpc) is 3.04. The van der Waals surface area contributed by atoms with E-state index in [0.29, 0.717) is 15.1 Å². The minimum atomic E-state index is -4.37. The van der Waals surface area contributed by atoms with Crippen molar-refractivity contribution < 1.29 is 13.2 Å². The van der Waals surface area contributed by atoms with Gasteiger partial charge in [-0.25, -0.2) is 9.38 Å². The summed E-state index contributed by atoms with van der Waals surface area (Å²) in [7, 11) is 0. The molecule has 2 aromatic carbocycles. The van der Waals surface area contributed by atoms with Gasteiger partial charge in [-0.2, -0.15) is 13.2 Å². The van der Waals surface area contributed by atoms with Crippen LogP contribution in [0.3, 0.4) is 0 Å². The zero-order valence-electron chi connectivity index (χ0n) is 12.0. The zero-order chi connectivity index (χ0) is 16.9. The maximum absolute atomic E-state index is 12.6. The summed E-state index contributed by atoms with van der Waals surface area (Å²) in [6.45, 7) is 0. The van der Waals surface area contributed by atoms with Gasteiger partial charge in [-0.3, -0.25) is 4.79 Å². The Labute approximate surface area is 137 Å². The van der Waals surface area contributed by atoms with Crippen molar-refractivity contribution in [2.24, 2.45) is 0 Å². The third-order valence-electron chi connectivity index (χ3n) is 3.68. The van der Waals surface area contributed by atoms with Crippen molar-refractivity contribution >= 4 is 33.4 Å². The number of para-hydroxylation sites is 2. The van der Waals surface area contributed by atoms with Crippen LogP contribution in [0.5, 0.6) is 0 Å². The van der Waals surface area contributed by atoms with Crippen molar-refractivity contribution in [3.05, 3.63) is 74.5 Å². The largest absolute Gasteiger partial charge is 0.416 e. The topological polar surface area (TPSA) is 34.4 Å². The Bertz CT molecular complexity index is 1160. The average molecular weight is 346 g/mol. The van der Waals surface area contributed by atoms with Crippen LogP contribution in [-0.2, 0) is 6.18 Å². The predicted octanol–water partition coefficient (Wildman–Crippen LogP) is 3.48. The standard InChI is InChI=1S/C17H9F3N2OS/c18-17(19,20)11-7-5-10(6-8-11)9-14-15(23)22-13-4-2-1-3-12(13)21-16(22)24-14/h1-9H. The molecule has 0 saturated carbocycles. The summed E-state index contributed by atoms with van der Waals surface area (Å²) in [6, 6.07) is 12.0. The van der Waals surface area contributed by atoms with Crippen LogP contribution in [0.1, 0.15) is 11.1 Å². The van der Waals surface area contributed by atoms with Gasteiger partial charge in [0, 0.05) is 0 Å². The fraction of sp³-hybridized carbons (Fsp3) is 0.0588. The molecule has 0 amide bonds. The van der Waals surface area contributed by atoms with Gasteiger partial charge in [0.05, 0.1) is 21.1 Å². The lowest BCUT2D eigenvalue weighted by molar-refractivity contribution is -0.137. The van der Waals surface area contributed by atoms with Crippen LogP contribution in [0.15, 0.2) is 53.3 Å². The smallest absolute Gasteiger partial charge is 0.267 e. The Morgan fingerprint density at radius 2 is 1.75 bits per heavy atom. The Morgan fingerprint density at radius 1 is 1.04 bits per heavy atom. The highest BCUT2D eigenvalue weighted by Crippen LogP contribution is 2.29. The molecule has 7 heteroatoms. The van der Waals surface area contributed by atoms with Gasteiger partial charge in [-0.1, -0.05) is 35.6 Å². The third-order valence-corrected chi connectivity index (χ3v) is 4.65. The van der Waals surface area contributed by atoms with Gasteiger partial charge < -0.3 is 0 Å². The number of alkyl halides is 3. The molecule has 0 saturated heterocycles. The Hall–Kier alpha value is -2.67. The lowest BCUT2D eigenvalue weighted by Gasteiger charge is -2.05. The molecule has 24 heavy (non-hydrogen) atoms. The van der Waals surface area contributed by atoms with Crippen LogP contribution < -0.4 is 10.1 Å². The number of thiazole rings is 1. The van der Waals surface area contributed by atoms with Crippen LogP contribution in [0.4, 0.5) is 13.2 Å². The summed E-state index contributed by atoms with van der Waals surface area (Å²) in [4.78, 5) is 17.5. The molecule has 0 N–H and O–H groups in total. The first kappa shape index (κ1) is 14.9. The lowest BCUT2D eigenvalue weighted by Crippen LogP contribution is -2.22. The number of rotatable bonds is 1. The first-order chi connectivity index (χ1) is 11.4. The normalized spacial score (nSPS) is 13.2. The van der Waals surface area contributed by atoms with Gasteiger partial charge in [0.2, 0.25) is 0 Å². The number of fused-ring (bicyclic) bond motifs is 3. The van der Waals surface area contributed by atoms with E-state index in [1.54, 1.807) is 6.08 Å². The molecule has 4 rings (SSSR count). The maximum Gasteiger partial charge on any atom is 0.416 e. The molecule has 0 unspecified atom stereocenters. The van der Waals surface area contributed by atoms with Crippen molar-refractivity contribution in [1.29, 1.82) is 0 Å². The predicted molar refractivity (Wildman–Crippen MR) is 87.1 cm³/mol. The van der Waals surface area contributed by atoms with Crippen molar-refractivity contribution in [2.75, 3.05) is 0 Å². The minimum Gasteiger partial charge on any atom is -0.267 e. The molecule has 0 aliphatic heterocycles. The summed E-state index contributed by atoms with van der Waals surface area (Å²) >= 11 is 1.22. The fourth-order valence-electron chi connectivity index (χ4n) is 2.53. The molecule has 2 heterocycles. The highest BCUT2D eigenvalue weighted by molar-refractivity contribution is 7.15. The van der Waals surface area contributed by atoms with Crippen molar-refractivity contribution in [3.8, 4) is 0 Å². The van der Waals surface area contributed by atoms with Gasteiger partial charge in [-0.05, 0) is 35.9 Å². The van der Waals surface area contributed by atoms with E-state index in [1.165, 1.54) is 27.9 Å². The Kier molecular flexibility index (Phi) is 3.21. The molecule has 0 fully saturated rings. The number of benzene rings is 2. The number of nitrogens with zero attached hydrogens (tertiary/aromatic N) is 2. The van der Waals surface area contributed by atoms with Crippen LogP contribution in [0.25, 0.3) is 22.1 Å². The van der Waals surface area contributed by atoms with E-state index < -0.39 is 11.7 Å². The van der Waals surface area contributed by atoms with E-state index in [4.69, 9.17) is 0 Å².